The topological polar surface area (TPSA) is 87.3 Å². The number of aromatic nitrogens is 2. The Morgan fingerprint density at radius 3 is 2.79 bits per heavy atom. The van der Waals surface area contributed by atoms with Gasteiger partial charge in [0.1, 0.15) is 0 Å². The van der Waals surface area contributed by atoms with E-state index in [1.807, 2.05) is 54.1 Å². The van der Waals surface area contributed by atoms with Gasteiger partial charge in [0.05, 0.1) is 22.2 Å². The summed E-state index contributed by atoms with van der Waals surface area (Å²) in [6, 6.07) is 15.5. The highest BCUT2D eigenvalue weighted by molar-refractivity contribution is 7.89. The molecule has 0 bridgehead atoms. The van der Waals surface area contributed by atoms with E-state index in [4.69, 9.17) is 5.26 Å². The van der Waals surface area contributed by atoms with Gasteiger partial charge in [0.25, 0.3) is 0 Å². The molecule has 28 heavy (non-hydrogen) atoms. The van der Waals surface area contributed by atoms with Gasteiger partial charge in [-0.1, -0.05) is 24.3 Å². The molecular weight excluding hydrogens is 392 g/mol. The van der Waals surface area contributed by atoms with Crippen molar-refractivity contribution in [3.8, 4) is 17.3 Å². The Bertz CT molecular complexity index is 1280. The fourth-order valence-electron chi connectivity index (χ4n) is 2.89. The van der Waals surface area contributed by atoms with Crippen molar-refractivity contribution in [3.05, 3.63) is 76.9 Å². The summed E-state index contributed by atoms with van der Waals surface area (Å²) in [4.78, 5) is 6.83. The molecule has 0 atom stereocenters. The van der Waals surface area contributed by atoms with Crippen LogP contribution in [0.2, 0.25) is 0 Å². The lowest BCUT2D eigenvalue weighted by Gasteiger charge is -2.08. The van der Waals surface area contributed by atoms with Crippen LogP contribution in [-0.2, 0) is 16.6 Å². The molecule has 8 heteroatoms. The first-order valence-electron chi connectivity index (χ1n) is 8.49. The van der Waals surface area contributed by atoms with Gasteiger partial charge >= 0.3 is 0 Å². The zero-order valence-corrected chi connectivity index (χ0v) is 16.6. The Morgan fingerprint density at radius 1 is 1.18 bits per heavy atom. The third kappa shape index (κ3) is 3.68. The van der Waals surface area contributed by atoms with Crippen molar-refractivity contribution in [1.82, 2.24) is 14.1 Å². The van der Waals surface area contributed by atoms with Crippen molar-refractivity contribution >= 4 is 26.3 Å². The summed E-state index contributed by atoms with van der Waals surface area (Å²) in [7, 11) is -3.70. The van der Waals surface area contributed by atoms with E-state index in [0.29, 0.717) is 5.56 Å². The predicted molar refractivity (Wildman–Crippen MR) is 108 cm³/mol. The van der Waals surface area contributed by atoms with Gasteiger partial charge in [0.2, 0.25) is 10.0 Å². The molecule has 0 spiro atoms. The minimum absolute atomic E-state index is 0.0763. The third-order valence-electron chi connectivity index (χ3n) is 4.23. The summed E-state index contributed by atoms with van der Waals surface area (Å²) in [6.07, 6.45) is 4.00. The number of thiazole rings is 1. The number of nitrogens with zero attached hydrogens (tertiary/aromatic N) is 3. The zero-order chi connectivity index (χ0) is 19.7. The van der Waals surface area contributed by atoms with Crippen LogP contribution in [0.3, 0.4) is 0 Å². The predicted octanol–water partition coefficient (Wildman–Crippen LogP) is 3.72. The second-order valence-corrected chi connectivity index (χ2v) is 9.30. The Hall–Kier alpha value is -2.99. The van der Waals surface area contributed by atoms with E-state index in [1.165, 1.54) is 17.0 Å². The summed E-state index contributed by atoms with van der Waals surface area (Å²) in [5.41, 5.74) is 2.90. The normalized spacial score (nSPS) is 11.6. The van der Waals surface area contributed by atoms with Crippen LogP contribution in [0.1, 0.15) is 16.0 Å². The number of rotatable bonds is 5. The van der Waals surface area contributed by atoms with Crippen LogP contribution in [0, 0.1) is 18.3 Å². The van der Waals surface area contributed by atoms with Crippen LogP contribution in [0.4, 0.5) is 0 Å². The number of imidazole rings is 1. The van der Waals surface area contributed by atoms with Crippen LogP contribution >= 0.6 is 11.3 Å². The molecule has 0 amide bonds. The summed E-state index contributed by atoms with van der Waals surface area (Å²) in [5.74, 6) is 0. The molecule has 0 aliphatic carbocycles. The Morgan fingerprint density at radius 2 is 2.00 bits per heavy atom. The van der Waals surface area contributed by atoms with Crippen molar-refractivity contribution in [2.45, 2.75) is 18.4 Å². The van der Waals surface area contributed by atoms with Gasteiger partial charge in [-0.25, -0.2) is 18.1 Å². The minimum Gasteiger partial charge on any atom is -0.297 e. The fraction of sp³-hybridized carbons (Fsp3) is 0.100. The van der Waals surface area contributed by atoms with Crippen molar-refractivity contribution in [2.24, 2.45) is 0 Å². The molecule has 1 N–H and O–H groups in total. The molecule has 0 saturated heterocycles. The molecule has 2 heterocycles. The average molecular weight is 409 g/mol. The van der Waals surface area contributed by atoms with Gasteiger partial charge in [0, 0.05) is 29.4 Å². The Labute approximate surface area is 166 Å². The molecule has 0 aliphatic rings. The third-order valence-corrected chi connectivity index (χ3v) is 6.54. The molecular formula is C20H16N4O2S2. The van der Waals surface area contributed by atoms with Crippen molar-refractivity contribution in [3.63, 3.8) is 0 Å². The lowest BCUT2D eigenvalue weighted by atomic mass is 10.1. The number of sulfonamides is 1. The molecule has 0 radical (unpaired) electrons. The van der Waals surface area contributed by atoms with Gasteiger partial charge < -0.3 is 0 Å². The van der Waals surface area contributed by atoms with E-state index >= 15 is 0 Å². The molecule has 4 aromatic rings. The van der Waals surface area contributed by atoms with Crippen molar-refractivity contribution in [2.75, 3.05) is 0 Å². The molecule has 0 aliphatic heterocycles. The molecule has 2 aromatic carbocycles. The maximum Gasteiger partial charge on any atom is 0.240 e. The van der Waals surface area contributed by atoms with Gasteiger partial charge in [0.15, 0.2) is 4.96 Å². The Balaban J connectivity index is 1.54. The maximum atomic E-state index is 12.5. The highest BCUT2D eigenvalue weighted by atomic mass is 32.2. The van der Waals surface area contributed by atoms with Crippen LogP contribution in [0.5, 0.6) is 0 Å². The Kier molecular flexibility index (Phi) is 4.73. The van der Waals surface area contributed by atoms with Crippen LogP contribution in [-0.4, -0.2) is 17.8 Å². The number of hydrogen-bond donors (Lipinski definition) is 1. The van der Waals surface area contributed by atoms with Gasteiger partial charge in [-0.2, -0.15) is 5.26 Å². The molecule has 4 rings (SSSR count). The first kappa shape index (κ1) is 18.4. The number of nitriles is 1. The zero-order valence-electron chi connectivity index (χ0n) is 15.0. The van der Waals surface area contributed by atoms with Gasteiger partial charge in [-0.05, 0) is 36.8 Å². The quantitative estimate of drug-likeness (QED) is 0.545. The van der Waals surface area contributed by atoms with E-state index in [0.717, 1.165) is 21.8 Å². The largest absolute Gasteiger partial charge is 0.297 e. The maximum absolute atomic E-state index is 12.5. The van der Waals surface area contributed by atoms with E-state index in [1.54, 1.807) is 23.5 Å². The lowest BCUT2D eigenvalue weighted by molar-refractivity contribution is 0.581. The van der Waals surface area contributed by atoms with Crippen LogP contribution in [0.25, 0.3) is 16.2 Å². The smallest absolute Gasteiger partial charge is 0.240 e. The molecule has 0 fully saturated rings. The second kappa shape index (κ2) is 7.20. The summed E-state index contributed by atoms with van der Waals surface area (Å²) >= 11 is 1.62. The number of nitrogens with one attached hydrogen (secondary N) is 1. The first-order valence-corrected chi connectivity index (χ1v) is 10.8. The molecule has 0 saturated carbocycles. The monoisotopic (exact) mass is 408 g/mol. The number of hydrogen-bond acceptors (Lipinski definition) is 5. The number of aryl methyl sites for hydroxylation is 1. The standard InChI is InChI=1S/C20H16N4O2S2/c1-14-12-24-13-19(23-20(24)27-14)17-6-2-5-16(8-17)11-22-28(25,26)18-7-3-4-15(9-18)10-21/h2-9,12-13,22H,11H2,1H3. The molecule has 140 valence electrons. The van der Waals surface area contributed by atoms with E-state index in [2.05, 4.69) is 9.71 Å². The average Bonchev–Trinajstić information content (AvgIpc) is 3.24. The minimum atomic E-state index is -3.70. The summed E-state index contributed by atoms with van der Waals surface area (Å²) in [6.45, 7) is 2.19. The molecule has 6 nitrogen and oxygen atoms in total. The number of fused-ring (bicyclic) bond motifs is 1. The van der Waals surface area contributed by atoms with E-state index in [-0.39, 0.29) is 11.4 Å². The summed E-state index contributed by atoms with van der Waals surface area (Å²) < 4.78 is 29.6. The number of benzene rings is 2. The highest BCUT2D eigenvalue weighted by Gasteiger charge is 2.14. The van der Waals surface area contributed by atoms with Crippen molar-refractivity contribution < 1.29 is 8.42 Å². The van der Waals surface area contributed by atoms with E-state index in [9.17, 15) is 8.42 Å². The van der Waals surface area contributed by atoms with Crippen LogP contribution in [0.15, 0.2) is 65.8 Å². The first-order chi connectivity index (χ1) is 13.4. The summed E-state index contributed by atoms with van der Waals surface area (Å²) in [5, 5.41) is 8.95. The molecule has 0 unspecified atom stereocenters. The molecule has 2 aromatic heterocycles. The highest BCUT2D eigenvalue weighted by Crippen LogP contribution is 2.24. The van der Waals surface area contributed by atoms with Crippen molar-refractivity contribution in [1.29, 1.82) is 5.26 Å². The lowest BCUT2D eigenvalue weighted by Crippen LogP contribution is -2.23. The fourth-order valence-corrected chi connectivity index (χ4v) is 4.76. The second-order valence-electron chi connectivity index (χ2n) is 6.32. The van der Waals surface area contributed by atoms with Gasteiger partial charge in [-0.15, -0.1) is 11.3 Å². The van der Waals surface area contributed by atoms with E-state index < -0.39 is 10.0 Å². The SMILES string of the molecule is Cc1cn2cc(-c3cccc(CNS(=O)(=O)c4cccc(C#N)c4)c3)nc2s1. The van der Waals surface area contributed by atoms with Crippen LogP contribution < -0.4 is 4.72 Å². The van der Waals surface area contributed by atoms with Gasteiger partial charge in [-0.3, -0.25) is 4.40 Å².